The molecule has 1 aliphatic rings. The molecule has 2 amide bonds. The van der Waals surface area contributed by atoms with Crippen LogP contribution in [0.25, 0.3) is 5.57 Å². The fraction of sp³-hybridized carbons (Fsp3) is 0.120. The molecule has 4 rings (SSSR count). The summed E-state index contributed by atoms with van der Waals surface area (Å²) in [5, 5.41) is 2.73. The molecule has 3 aromatic rings. The van der Waals surface area contributed by atoms with E-state index in [1.807, 2.05) is 13.8 Å². The number of ether oxygens (including phenoxy) is 1. The van der Waals surface area contributed by atoms with Crippen LogP contribution in [-0.2, 0) is 9.59 Å². The van der Waals surface area contributed by atoms with Gasteiger partial charge >= 0.3 is 0 Å². The van der Waals surface area contributed by atoms with Gasteiger partial charge in [0.25, 0.3) is 11.8 Å². The number of hydrogen-bond donors (Lipinski definition) is 1. The van der Waals surface area contributed by atoms with Crippen molar-refractivity contribution in [3.63, 3.8) is 0 Å². The van der Waals surface area contributed by atoms with E-state index in [0.29, 0.717) is 17.0 Å². The fourth-order valence-corrected chi connectivity index (χ4v) is 3.43. The minimum Gasteiger partial charge on any atom is -0.491 e. The van der Waals surface area contributed by atoms with Crippen LogP contribution in [0.3, 0.4) is 0 Å². The van der Waals surface area contributed by atoms with E-state index in [0.717, 1.165) is 29.2 Å². The van der Waals surface area contributed by atoms with E-state index in [1.165, 1.54) is 18.2 Å². The van der Waals surface area contributed by atoms with E-state index >= 15 is 0 Å². The normalized spacial score (nSPS) is 13.8. The molecule has 1 aliphatic heterocycles. The maximum atomic E-state index is 13.7. The molecular formula is C25H19F3N2O3. The molecule has 3 aromatic carbocycles. The molecule has 0 aromatic heterocycles. The van der Waals surface area contributed by atoms with Gasteiger partial charge in [0.2, 0.25) is 0 Å². The maximum Gasteiger partial charge on any atom is 0.282 e. The van der Waals surface area contributed by atoms with Gasteiger partial charge in [0.15, 0.2) is 11.6 Å². The molecule has 0 spiro atoms. The Morgan fingerprint density at radius 2 is 1.48 bits per heavy atom. The summed E-state index contributed by atoms with van der Waals surface area (Å²) in [6.45, 7) is 3.74. The molecule has 8 heteroatoms. The van der Waals surface area contributed by atoms with Gasteiger partial charge in [-0.25, -0.2) is 18.1 Å². The first-order valence-corrected chi connectivity index (χ1v) is 10.1. The number of hydrogen-bond acceptors (Lipinski definition) is 4. The third kappa shape index (κ3) is 4.45. The van der Waals surface area contributed by atoms with Gasteiger partial charge in [-0.3, -0.25) is 9.59 Å². The van der Waals surface area contributed by atoms with Crippen molar-refractivity contribution in [1.29, 1.82) is 0 Å². The third-order valence-corrected chi connectivity index (χ3v) is 4.87. The van der Waals surface area contributed by atoms with E-state index in [2.05, 4.69) is 5.32 Å². The summed E-state index contributed by atoms with van der Waals surface area (Å²) < 4.78 is 46.1. The number of anilines is 2. The number of nitrogens with zero attached hydrogens (tertiary/aromatic N) is 1. The lowest BCUT2D eigenvalue weighted by molar-refractivity contribution is -0.120. The zero-order chi connectivity index (χ0) is 23.7. The minimum absolute atomic E-state index is 0.0211. The molecule has 1 heterocycles. The number of carbonyl (C=O) groups excluding carboxylic acids is 2. The zero-order valence-electron chi connectivity index (χ0n) is 17.7. The van der Waals surface area contributed by atoms with E-state index in [-0.39, 0.29) is 23.1 Å². The largest absolute Gasteiger partial charge is 0.491 e. The van der Waals surface area contributed by atoms with Gasteiger partial charge in [-0.2, -0.15) is 0 Å². The molecule has 0 saturated heterocycles. The van der Waals surface area contributed by atoms with Gasteiger partial charge in [-0.05, 0) is 67.9 Å². The molecule has 0 unspecified atom stereocenters. The quantitative estimate of drug-likeness (QED) is 0.517. The highest BCUT2D eigenvalue weighted by molar-refractivity contribution is 6.46. The van der Waals surface area contributed by atoms with E-state index in [4.69, 9.17) is 4.74 Å². The standard InChI is InChI=1S/C25H19F3N2O3/c1-14(2)33-19-10-8-18(9-11-19)30-24(31)22(15-3-5-16(26)6-4-15)23(25(30)32)29-17-7-12-20(27)21(28)13-17/h3-14,29H,1-2H3. The van der Waals surface area contributed by atoms with Crippen LogP contribution < -0.4 is 15.0 Å². The Kier molecular flexibility index (Phi) is 5.91. The number of rotatable bonds is 6. The lowest BCUT2D eigenvalue weighted by Gasteiger charge is -2.17. The Bertz CT molecular complexity index is 1250. The van der Waals surface area contributed by atoms with Crippen LogP contribution in [0.2, 0.25) is 0 Å². The summed E-state index contributed by atoms with van der Waals surface area (Å²) in [6, 6.07) is 14.5. The first kappa shape index (κ1) is 22.1. The molecule has 33 heavy (non-hydrogen) atoms. The molecule has 0 aliphatic carbocycles. The monoisotopic (exact) mass is 452 g/mol. The number of imide groups is 1. The topological polar surface area (TPSA) is 58.6 Å². The van der Waals surface area contributed by atoms with Crippen LogP contribution in [0.1, 0.15) is 19.4 Å². The van der Waals surface area contributed by atoms with Gasteiger partial charge in [-0.15, -0.1) is 0 Å². The molecule has 5 nitrogen and oxygen atoms in total. The van der Waals surface area contributed by atoms with Crippen molar-refractivity contribution in [2.24, 2.45) is 0 Å². The highest BCUT2D eigenvalue weighted by Gasteiger charge is 2.40. The average molecular weight is 452 g/mol. The average Bonchev–Trinajstić information content (AvgIpc) is 3.01. The second kappa shape index (κ2) is 8.82. The van der Waals surface area contributed by atoms with Crippen molar-refractivity contribution in [1.82, 2.24) is 0 Å². The number of halogens is 3. The van der Waals surface area contributed by atoms with E-state index in [1.54, 1.807) is 24.3 Å². The number of nitrogens with one attached hydrogen (secondary N) is 1. The van der Waals surface area contributed by atoms with Crippen LogP contribution >= 0.6 is 0 Å². The fourth-order valence-electron chi connectivity index (χ4n) is 3.43. The Balaban J connectivity index is 1.75. The Morgan fingerprint density at radius 1 is 0.818 bits per heavy atom. The number of amides is 2. The van der Waals surface area contributed by atoms with E-state index < -0.39 is 29.3 Å². The van der Waals surface area contributed by atoms with Crippen LogP contribution in [0.5, 0.6) is 5.75 Å². The SMILES string of the molecule is CC(C)Oc1ccc(N2C(=O)C(Nc3ccc(F)c(F)c3)=C(c3ccc(F)cc3)C2=O)cc1. The minimum atomic E-state index is -1.11. The lowest BCUT2D eigenvalue weighted by Crippen LogP contribution is -2.32. The predicted octanol–water partition coefficient (Wildman–Crippen LogP) is 5.29. The molecule has 1 N–H and O–H groups in total. The van der Waals surface area contributed by atoms with Crippen LogP contribution in [0, 0.1) is 17.5 Å². The second-order valence-electron chi connectivity index (χ2n) is 7.62. The van der Waals surface area contributed by atoms with Crippen molar-refractivity contribution in [2.75, 3.05) is 10.2 Å². The van der Waals surface area contributed by atoms with Crippen LogP contribution in [0.4, 0.5) is 24.5 Å². The summed E-state index contributed by atoms with van der Waals surface area (Å²) in [5.74, 6) is -3.44. The Morgan fingerprint density at radius 3 is 2.09 bits per heavy atom. The molecular weight excluding hydrogens is 433 g/mol. The van der Waals surface area contributed by atoms with Crippen molar-refractivity contribution >= 4 is 28.8 Å². The van der Waals surface area contributed by atoms with Crippen molar-refractivity contribution in [3.05, 3.63) is 95.4 Å². The Labute approximate surface area is 188 Å². The summed E-state index contributed by atoms with van der Waals surface area (Å²) >= 11 is 0. The summed E-state index contributed by atoms with van der Waals surface area (Å²) in [4.78, 5) is 27.6. The Hall–Kier alpha value is -4.07. The number of carbonyl (C=O) groups is 2. The van der Waals surface area contributed by atoms with Crippen LogP contribution in [-0.4, -0.2) is 17.9 Å². The maximum absolute atomic E-state index is 13.7. The van der Waals surface area contributed by atoms with Gasteiger partial charge in [0, 0.05) is 11.8 Å². The van der Waals surface area contributed by atoms with Crippen LogP contribution in [0.15, 0.2) is 72.4 Å². The smallest absolute Gasteiger partial charge is 0.282 e. The van der Waals surface area contributed by atoms with Gasteiger partial charge in [0.05, 0.1) is 17.4 Å². The van der Waals surface area contributed by atoms with Crippen molar-refractivity contribution < 1.29 is 27.5 Å². The molecule has 0 bridgehead atoms. The highest BCUT2D eigenvalue weighted by Crippen LogP contribution is 2.34. The molecule has 168 valence electrons. The third-order valence-electron chi connectivity index (χ3n) is 4.87. The molecule has 0 atom stereocenters. The van der Waals surface area contributed by atoms with Gasteiger partial charge in [0.1, 0.15) is 17.3 Å². The molecule has 0 radical (unpaired) electrons. The lowest BCUT2D eigenvalue weighted by atomic mass is 10.0. The number of benzene rings is 3. The summed E-state index contributed by atoms with van der Waals surface area (Å²) in [5.41, 5.74) is 0.504. The first-order chi connectivity index (χ1) is 15.7. The first-order valence-electron chi connectivity index (χ1n) is 10.1. The van der Waals surface area contributed by atoms with Gasteiger partial charge in [-0.1, -0.05) is 12.1 Å². The predicted molar refractivity (Wildman–Crippen MR) is 118 cm³/mol. The summed E-state index contributed by atoms with van der Waals surface area (Å²) in [7, 11) is 0. The van der Waals surface area contributed by atoms with Crippen molar-refractivity contribution in [2.45, 2.75) is 20.0 Å². The van der Waals surface area contributed by atoms with Gasteiger partial charge < -0.3 is 10.1 Å². The summed E-state index contributed by atoms with van der Waals surface area (Å²) in [6.07, 6.45) is -0.0513. The second-order valence-corrected chi connectivity index (χ2v) is 7.62. The highest BCUT2D eigenvalue weighted by atomic mass is 19.2. The molecule has 0 saturated carbocycles. The van der Waals surface area contributed by atoms with E-state index in [9.17, 15) is 22.8 Å². The zero-order valence-corrected chi connectivity index (χ0v) is 17.7. The molecule has 0 fully saturated rings. The van der Waals surface area contributed by atoms with Crippen molar-refractivity contribution in [3.8, 4) is 5.75 Å².